The Kier molecular flexibility index (Phi) is 5.95. The van der Waals surface area contributed by atoms with Crippen LogP contribution in [0.4, 0.5) is 0 Å². The third kappa shape index (κ3) is 3.75. The minimum atomic E-state index is -0.143. The largest absolute Gasteiger partial charge is 0.496 e. The van der Waals surface area contributed by atoms with E-state index in [0.717, 1.165) is 33.9 Å². The Bertz CT molecular complexity index is 1030. The van der Waals surface area contributed by atoms with Crippen LogP contribution in [-0.4, -0.2) is 38.7 Å². The summed E-state index contributed by atoms with van der Waals surface area (Å²) in [4.78, 5) is 16.6. The molecule has 4 rings (SSSR count). The van der Waals surface area contributed by atoms with Crippen molar-refractivity contribution in [2.75, 3.05) is 27.9 Å². The maximum Gasteiger partial charge on any atom is 0.227 e. The summed E-state index contributed by atoms with van der Waals surface area (Å²) < 4.78 is 16.5. The summed E-state index contributed by atoms with van der Waals surface area (Å²) in [6.07, 6.45) is 1.07. The van der Waals surface area contributed by atoms with Gasteiger partial charge in [-0.05, 0) is 47.2 Å². The average molecular weight is 424 g/mol. The van der Waals surface area contributed by atoms with E-state index in [0.29, 0.717) is 18.7 Å². The molecule has 156 valence electrons. The molecule has 0 bridgehead atoms. The maximum absolute atomic E-state index is 13.4. The van der Waals surface area contributed by atoms with E-state index in [1.807, 2.05) is 52.7 Å². The van der Waals surface area contributed by atoms with Crippen molar-refractivity contribution in [1.82, 2.24) is 4.90 Å². The number of hydrogen-bond donors (Lipinski definition) is 0. The molecule has 1 aliphatic heterocycles. The number of benzene rings is 2. The van der Waals surface area contributed by atoms with Crippen LogP contribution in [0, 0.1) is 0 Å². The number of ether oxygens (including phenoxy) is 3. The van der Waals surface area contributed by atoms with Crippen LogP contribution in [0.3, 0.4) is 0 Å². The summed E-state index contributed by atoms with van der Waals surface area (Å²) in [6.45, 7) is 0.652. The van der Waals surface area contributed by atoms with Crippen LogP contribution in [-0.2, 0) is 17.6 Å². The molecule has 30 heavy (non-hydrogen) atoms. The molecule has 3 aromatic rings. The number of fused-ring (bicyclic) bond motifs is 1. The van der Waals surface area contributed by atoms with Crippen molar-refractivity contribution in [3.63, 3.8) is 0 Å². The van der Waals surface area contributed by atoms with Crippen LogP contribution < -0.4 is 14.2 Å². The number of rotatable bonds is 6. The first-order valence-electron chi connectivity index (χ1n) is 9.85. The summed E-state index contributed by atoms with van der Waals surface area (Å²) in [5.41, 5.74) is 3.18. The number of para-hydroxylation sites is 1. The van der Waals surface area contributed by atoms with E-state index in [1.54, 1.807) is 32.7 Å². The van der Waals surface area contributed by atoms with E-state index in [9.17, 15) is 4.79 Å². The lowest BCUT2D eigenvalue weighted by atomic mass is 9.90. The van der Waals surface area contributed by atoms with E-state index in [-0.39, 0.29) is 11.9 Å². The van der Waals surface area contributed by atoms with Crippen LogP contribution in [0.1, 0.15) is 27.6 Å². The lowest BCUT2D eigenvalue weighted by Gasteiger charge is -2.37. The van der Waals surface area contributed by atoms with Gasteiger partial charge in [0.1, 0.15) is 5.75 Å². The maximum atomic E-state index is 13.4. The summed E-state index contributed by atoms with van der Waals surface area (Å²) >= 11 is 1.66. The minimum absolute atomic E-state index is 0.0818. The quantitative estimate of drug-likeness (QED) is 0.586. The van der Waals surface area contributed by atoms with Gasteiger partial charge in [0, 0.05) is 17.0 Å². The van der Waals surface area contributed by atoms with Gasteiger partial charge < -0.3 is 19.1 Å². The number of methoxy groups -OCH3 is 3. The van der Waals surface area contributed by atoms with Gasteiger partial charge in [0.25, 0.3) is 0 Å². The molecule has 0 spiro atoms. The number of thiophene rings is 1. The number of nitrogens with zero attached hydrogens (tertiary/aromatic N) is 1. The Hall–Kier alpha value is -2.99. The van der Waals surface area contributed by atoms with Gasteiger partial charge in [-0.3, -0.25) is 4.79 Å². The molecule has 0 N–H and O–H groups in total. The fourth-order valence-corrected chi connectivity index (χ4v) is 4.94. The van der Waals surface area contributed by atoms with Gasteiger partial charge in [0.15, 0.2) is 11.5 Å². The van der Waals surface area contributed by atoms with Gasteiger partial charge in [-0.2, -0.15) is 0 Å². The van der Waals surface area contributed by atoms with Crippen molar-refractivity contribution >= 4 is 17.2 Å². The molecule has 2 aromatic carbocycles. The topological polar surface area (TPSA) is 48.0 Å². The molecule has 0 radical (unpaired) electrons. The predicted octanol–water partition coefficient (Wildman–Crippen LogP) is 4.49. The van der Waals surface area contributed by atoms with Crippen molar-refractivity contribution < 1.29 is 19.0 Å². The molecule has 6 heteroatoms. The fraction of sp³-hybridized carbons (Fsp3) is 0.292. The summed E-state index contributed by atoms with van der Waals surface area (Å²) in [5, 5.41) is 2.05. The van der Waals surface area contributed by atoms with Gasteiger partial charge in [0.05, 0.1) is 33.8 Å². The molecule has 0 saturated heterocycles. The first kappa shape index (κ1) is 20.3. The molecule has 0 fully saturated rings. The zero-order valence-electron chi connectivity index (χ0n) is 17.4. The molecule has 1 unspecified atom stereocenters. The first-order chi connectivity index (χ1) is 14.7. The predicted molar refractivity (Wildman–Crippen MR) is 118 cm³/mol. The van der Waals surface area contributed by atoms with Crippen LogP contribution in [0.5, 0.6) is 17.2 Å². The van der Waals surface area contributed by atoms with Gasteiger partial charge in [-0.25, -0.2) is 0 Å². The van der Waals surface area contributed by atoms with Gasteiger partial charge in [-0.1, -0.05) is 24.3 Å². The van der Waals surface area contributed by atoms with E-state index in [2.05, 4.69) is 6.07 Å². The number of hydrogen-bond acceptors (Lipinski definition) is 5. The molecular formula is C24H25NO4S. The molecule has 1 amide bonds. The van der Waals surface area contributed by atoms with E-state index in [1.165, 1.54) is 5.56 Å². The molecule has 0 aliphatic carbocycles. The normalized spacial score (nSPS) is 15.4. The third-order valence-corrected chi connectivity index (χ3v) is 6.47. The van der Waals surface area contributed by atoms with E-state index < -0.39 is 0 Å². The smallest absolute Gasteiger partial charge is 0.227 e. The standard InChI is InChI=1S/C24H25NO4S/c1-27-19-8-5-4-7-17(19)14-23(26)25-11-10-16-13-20(28-2)21(29-3)15-18(16)24(25)22-9-6-12-30-22/h4-9,12-13,15,24H,10-11,14H2,1-3H3. The van der Waals surface area contributed by atoms with Crippen LogP contribution in [0.2, 0.25) is 0 Å². The SMILES string of the molecule is COc1ccccc1CC(=O)N1CCc2cc(OC)c(OC)cc2C1c1cccs1. The monoisotopic (exact) mass is 423 g/mol. The highest BCUT2D eigenvalue weighted by Crippen LogP contribution is 2.42. The molecule has 2 heterocycles. The second kappa shape index (κ2) is 8.79. The Balaban J connectivity index is 1.73. The van der Waals surface area contributed by atoms with Crippen molar-refractivity contribution in [2.45, 2.75) is 18.9 Å². The zero-order valence-corrected chi connectivity index (χ0v) is 18.2. The number of carbonyl (C=O) groups is 1. The van der Waals surface area contributed by atoms with E-state index in [4.69, 9.17) is 14.2 Å². The Labute approximate surface area is 180 Å². The Morgan fingerprint density at radius 3 is 2.43 bits per heavy atom. The average Bonchev–Trinajstić information content (AvgIpc) is 3.32. The molecule has 1 aliphatic rings. The van der Waals surface area contributed by atoms with Crippen molar-refractivity contribution in [1.29, 1.82) is 0 Å². The van der Waals surface area contributed by atoms with Crippen molar-refractivity contribution in [3.8, 4) is 17.2 Å². The summed E-state index contributed by atoms with van der Waals surface area (Å²) in [5.74, 6) is 2.22. The Morgan fingerprint density at radius 2 is 1.73 bits per heavy atom. The lowest BCUT2D eigenvalue weighted by molar-refractivity contribution is -0.132. The van der Waals surface area contributed by atoms with E-state index >= 15 is 0 Å². The molecule has 1 atom stereocenters. The highest BCUT2D eigenvalue weighted by Gasteiger charge is 2.34. The number of amides is 1. The van der Waals surface area contributed by atoms with Crippen LogP contribution in [0.25, 0.3) is 0 Å². The van der Waals surface area contributed by atoms with Crippen LogP contribution >= 0.6 is 11.3 Å². The minimum Gasteiger partial charge on any atom is -0.496 e. The van der Waals surface area contributed by atoms with Gasteiger partial charge in [-0.15, -0.1) is 11.3 Å². The number of carbonyl (C=O) groups excluding carboxylic acids is 1. The Morgan fingerprint density at radius 1 is 1.00 bits per heavy atom. The summed E-state index contributed by atoms with van der Waals surface area (Å²) in [6, 6.07) is 15.7. The second-order valence-corrected chi connectivity index (χ2v) is 8.13. The molecule has 5 nitrogen and oxygen atoms in total. The molecule has 0 saturated carbocycles. The second-order valence-electron chi connectivity index (χ2n) is 7.15. The van der Waals surface area contributed by atoms with Gasteiger partial charge >= 0.3 is 0 Å². The molecular weight excluding hydrogens is 398 g/mol. The van der Waals surface area contributed by atoms with Crippen molar-refractivity contribution in [2.24, 2.45) is 0 Å². The van der Waals surface area contributed by atoms with Crippen molar-refractivity contribution in [3.05, 3.63) is 75.5 Å². The lowest BCUT2D eigenvalue weighted by Crippen LogP contribution is -2.41. The summed E-state index contributed by atoms with van der Waals surface area (Å²) in [7, 11) is 4.92. The zero-order chi connectivity index (χ0) is 21.1. The highest BCUT2D eigenvalue weighted by molar-refractivity contribution is 7.10. The van der Waals surface area contributed by atoms with Gasteiger partial charge in [0.2, 0.25) is 5.91 Å². The molecule has 1 aromatic heterocycles. The van der Waals surface area contributed by atoms with Crippen LogP contribution in [0.15, 0.2) is 53.9 Å². The third-order valence-electron chi connectivity index (χ3n) is 5.54. The fourth-order valence-electron chi connectivity index (χ4n) is 4.08. The highest BCUT2D eigenvalue weighted by atomic mass is 32.1. The first-order valence-corrected chi connectivity index (χ1v) is 10.7.